The second-order valence-corrected chi connectivity index (χ2v) is 8.26. The molecule has 29 heavy (non-hydrogen) atoms. The Balaban J connectivity index is 1.60. The zero-order valence-electron chi connectivity index (χ0n) is 15.7. The van der Waals surface area contributed by atoms with Gasteiger partial charge >= 0.3 is 0 Å². The molecule has 0 aliphatic carbocycles. The van der Waals surface area contributed by atoms with E-state index in [1.807, 2.05) is 26.0 Å². The van der Waals surface area contributed by atoms with Gasteiger partial charge in [0.2, 0.25) is 11.8 Å². The Labute approximate surface area is 175 Å². The third-order valence-electron chi connectivity index (χ3n) is 4.48. The van der Waals surface area contributed by atoms with Gasteiger partial charge in [-0.2, -0.15) is 0 Å². The molecule has 0 bridgehead atoms. The van der Waals surface area contributed by atoms with E-state index < -0.39 is 0 Å². The number of amides is 1. The van der Waals surface area contributed by atoms with Crippen molar-refractivity contribution < 1.29 is 13.6 Å². The molecule has 2 heterocycles. The van der Waals surface area contributed by atoms with E-state index in [-0.39, 0.29) is 24.3 Å². The smallest absolute Gasteiger partial charge is 0.264 e. The lowest BCUT2D eigenvalue weighted by Crippen LogP contribution is -2.36. The monoisotopic (exact) mass is 429 g/mol. The van der Waals surface area contributed by atoms with Crippen LogP contribution in [0, 0.1) is 5.82 Å². The topological polar surface area (TPSA) is 59.2 Å². The van der Waals surface area contributed by atoms with Crippen LogP contribution in [0.4, 0.5) is 4.39 Å². The number of carbonyl (C=O) groups is 1. The van der Waals surface area contributed by atoms with Crippen LogP contribution in [0.2, 0.25) is 5.02 Å². The van der Waals surface area contributed by atoms with Crippen LogP contribution in [0.1, 0.15) is 29.4 Å². The van der Waals surface area contributed by atoms with Gasteiger partial charge in [-0.15, -0.1) is 21.5 Å². The molecule has 0 N–H and O–H groups in total. The average Bonchev–Trinajstić information content (AvgIpc) is 3.33. The third kappa shape index (κ3) is 3.88. The minimum absolute atomic E-state index is 0.117. The predicted molar refractivity (Wildman–Crippen MR) is 112 cm³/mol. The minimum atomic E-state index is -0.338. The Morgan fingerprint density at radius 2 is 2.00 bits per heavy atom. The Bertz CT molecular complexity index is 1190. The van der Waals surface area contributed by atoms with Gasteiger partial charge < -0.3 is 9.32 Å². The molecule has 0 aliphatic heterocycles. The Kier molecular flexibility index (Phi) is 5.34. The molecule has 8 heteroatoms. The van der Waals surface area contributed by atoms with Crippen LogP contribution in [0.25, 0.3) is 21.5 Å². The summed E-state index contributed by atoms with van der Waals surface area (Å²) in [4.78, 5) is 15.2. The normalized spacial score (nSPS) is 11.3. The maximum atomic E-state index is 14.0. The van der Waals surface area contributed by atoms with E-state index in [4.69, 9.17) is 16.0 Å². The molecule has 2 aromatic heterocycles. The van der Waals surface area contributed by atoms with Crippen molar-refractivity contribution in [2.45, 2.75) is 26.4 Å². The number of halogens is 2. The maximum Gasteiger partial charge on any atom is 0.264 e. The number of carbonyl (C=O) groups excluding carboxylic acids is 1. The fraction of sp³-hybridized carbons (Fsp3) is 0.190. The molecule has 0 unspecified atom stereocenters. The van der Waals surface area contributed by atoms with Crippen molar-refractivity contribution in [3.05, 3.63) is 70.1 Å². The highest BCUT2D eigenvalue weighted by Gasteiger charge is 2.24. The van der Waals surface area contributed by atoms with Crippen LogP contribution in [0.3, 0.4) is 0 Å². The summed E-state index contributed by atoms with van der Waals surface area (Å²) in [5.74, 6) is 0.0493. The first-order valence-corrected chi connectivity index (χ1v) is 10.2. The molecule has 0 saturated heterocycles. The summed E-state index contributed by atoms with van der Waals surface area (Å²) in [5, 5.41) is 9.07. The number of fused-ring (bicyclic) bond motifs is 1. The van der Waals surface area contributed by atoms with E-state index in [0.29, 0.717) is 32.6 Å². The SMILES string of the molecule is CC(C)N(Cc1nnc(-c2ccccc2Cl)o1)C(=O)c1cc2c(F)cccc2s1. The highest BCUT2D eigenvalue weighted by molar-refractivity contribution is 7.20. The van der Waals surface area contributed by atoms with Gasteiger partial charge in [-0.1, -0.05) is 29.8 Å². The first kappa shape index (κ1) is 19.5. The molecule has 0 fully saturated rings. The van der Waals surface area contributed by atoms with Gasteiger partial charge in [-0.05, 0) is 44.2 Å². The van der Waals surface area contributed by atoms with Gasteiger partial charge in [0, 0.05) is 16.1 Å². The zero-order chi connectivity index (χ0) is 20.5. The number of hydrogen-bond donors (Lipinski definition) is 0. The summed E-state index contributed by atoms with van der Waals surface area (Å²) in [6.07, 6.45) is 0. The van der Waals surface area contributed by atoms with Crippen LogP contribution in [-0.4, -0.2) is 27.0 Å². The highest BCUT2D eigenvalue weighted by atomic mass is 35.5. The van der Waals surface area contributed by atoms with Crippen molar-refractivity contribution in [3.8, 4) is 11.5 Å². The molecule has 0 radical (unpaired) electrons. The standard InChI is InChI=1S/C21H17ClFN3O2S/c1-12(2)26(21(27)18-10-14-16(23)8-5-9-17(14)29-18)11-19-24-25-20(28-19)13-6-3-4-7-15(13)22/h3-10,12H,11H2,1-2H3. The molecular formula is C21H17ClFN3O2S. The van der Waals surface area contributed by atoms with E-state index in [2.05, 4.69) is 10.2 Å². The van der Waals surface area contributed by atoms with Gasteiger partial charge in [0.25, 0.3) is 5.91 Å². The van der Waals surface area contributed by atoms with Crippen molar-refractivity contribution in [1.82, 2.24) is 15.1 Å². The fourth-order valence-corrected chi connectivity index (χ4v) is 4.22. The number of thiophene rings is 1. The van der Waals surface area contributed by atoms with E-state index in [9.17, 15) is 9.18 Å². The predicted octanol–water partition coefficient (Wildman–Crippen LogP) is 5.79. The third-order valence-corrected chi connectivity index (χ3v) is 5.90. The van der Waals surface area contributed by atoms with E-state index in [1.165, 1.54) is 17.4 Å². The van der Waals surface area contributed by atoms with Crippen molar-refractivity contribution in [1.29, 1.82) is 0 Å². The second kappa shape index (κ2) is 7.93. The second-order valence-electron chi connectivity index (χ2n) is 6.77. The Morgan fingerprint density at radius 3 is 2.72 bits per heavy atom. The van der Waals surface area contributed by atoms with Gasteiger partial charge in [-0.3, -0.25) is 4.79 Å². The summed E-state index contributed by atoms with van der Waals surface area (Å²) in [6.45, 7) is 3.94. The number of nitrogens with zero attached hydrogens (tertiary/aromatic N) is 3. The molecule has 148 valence electrons. The summed E-state index contributed by atoms with van der Waals surface area (Å²) in [5.41, 5.74) is 0.635. The summed E-state index contributed by atoms with van der Waals surface area (Å²) < 4.78 is 20.5. The van der Waals surface area contributed by atoms with Crippen molar-refractivity contribution in [2.24, 2.45) is 0 Å². The largest absolute Gasteiger partial charge is 0.419 e. The number of aromatic nitrogens is 2. The van der Waals surface area contributed by atoms with Crippen LogP contribution >= 0.6 is 22.9 Å². The maximum absolute atomic E-state index is 14.0. The average molecular weight is 430 g/mol. The van der Waals surface area contributed by atoms with Gasteiger partial charge in [-0.25, -0.2) is 4.39 Å². The van der Waals surface area contributed by atoms with Crippen molar-refractivity contribution in [3.63, 3.8) is 0 Å². The van der Waals surface area contributed by atoms with Gasteiger partial charge in [0.15, 0.2) is 0 Å². The quantitative estimate of drug-likeness (QED) is 0.402. The van der Waals surface area contributed by atoms with E-state index >= 15 is 0 Å². The summed E-state index contributed by atoms with van der Waals surface area (Å²) in [6, 6.07) is 13.5. The van der Waals surface area contributed by atoms with E-state index in [0.717, 1.165) is 4.70 Å². The molecule has 1 amide bonds. The number of hydrogen-bond acceptors (Lipinski definition) is 5. The lowest BCUT2D eigenvalue weighted by Gasteiger charge is -2.24. The van der Waals surface area contributed by atoms with Crippen LogP contribution in [0.15, 0.2) is 52.9 Å². The van der Waals surface area contributed by atoms with Crippen LogP contribution in [0.5, 0.6) is 0 Å². The van der Waals surface area contributed by atoms with Crippen LogP contribution in [-0.2, 0) is 6.54 Å². The lowest BCUT2D eigenvalue weighted by molar-refractivity contribution is 0.0677. The molecule has 2 aromatic carbocycles. The van der Waals surface area contributed by atoms with Crippen LogP contribution < -0.4 is 0 Å². The lowest BCUT2D eigenvalue weighted by atomic mass is 10.2. The molecular weight excluding hydrogens is 413 g/mol. The highest BCUT2D eigenvalue weighted by Crippen LogP contribution is 2.30. The molecule has 4 rings (SSSR count). The molecule has 0 aliphatic rings. The number of benzene rings is 2. The molecule has 4 aromatic rings. The number of rotatable bonds is 5. The fourth-order valence-electron chi connectivity index (χ4n) is 2.97. The summed E-state index contributed by atoms with van der Waals surface area (Å²) in [7, 11) is 0. The summed E-state index contributed by atoms with van der Waals surface area (Å²) >= 11 is 7.45. The van der Waals surface area contributed by atoms with Gasteiger partial charge in [0.05, 0.1) is 22.0 Å². The Hall–Kier alpha value is -2.77. The Morgan fingerprint density at radius 1 is 1.21 bits per heavy atom. The minimum Gasteiger partial charge on any atom is -0.419 e. The molecule has 0 saturated carbocycles. The van der Waals surface area contributed by atoms with E-state index in [1.54, 1.807) is 35.2 Å². The zero-order valence-corrected chi connectivity index (χ0v) is 17.3. The van der Waals surface area contributed by atoms with Gasteiger partial charge in [0.1, 0.15) is 5.82 Å². The van der Waals surface area contributed by atoms with Crippen molar-refractivity contribution >= 4 is 38.9 Å². The molecule has 0 atom stereocenters. The molecule has 5 nitrogen and oxygen atoms in total. The van der Waals surface area contributed by atoms with Crippen molar-refractivity contribution in [2.75, 3.05) is 0 Å². The molecule has 0 spiro atoms. The first-order chi connectivity index (χ1) is 13.9. The first-order valence-electron chi connectivity index (χ1n) is 9.00.